The van der Waals surface area contributed by atoms with E-state index < -0.39 is 0 Å². The summed E-state index contributed by atoms with van der Waals surface area (Å²) in [5, 5.41) is 3.01. The number of benzene rings is 1. The maximum atomic E-state index is 13.1. The molecule has 0 saturated heterocycles. The lowest BCUT2D eigenvalue weighted by Gasteiger charge is -2.16. The quantitative estimate of drug-likeness (QED) is 0.858. The van der Waals surface area contributed by atoms with Crippen LogP contribution in [0, 0.1) is 12.7 Å². The smallest absolute Gasteiger partial charge is 0.258 e. The highest BCUT2D eigenvalue weighted by atomic mass is 19.1. The van der Waals surface area contributed by atoms with E-state index in [9.17, 15) is 9.18 Å². The van der Waals surface area contributed by atoms with Crippen LogP contribution in [-0.2, 0) is 4.79 Å². The molecule has 1 aliphatic carbocycles. The number of carbonyl (C=O) groups is 1. The molecule has 3 nitrogen and oxygen atoms in total. The van der Waals surface area contributed by atoms with Gasteiger partial charge in [-0.15, -0.1) is 0 Å². The van der Waals surface area contributed by atoms with Gasteiger partial charge in [0, 0.05) is 12.1 Å². The third-order valence-electron chi connectivity index (χ3n) is 3.73. The lowest BCUT2D eigenvalue weighted by Crippen LogP contribution is -2.37. The number of hydrogen-bond acceptors (Lipinski definition) is 2. The van der Waals surface area contributed by atoms with Crippen LogP contribution >= 0.6 is 0 Å². The van der Waals surface area contributed by atoms with E-state index in [0.717, 1.165) is 18.4 Å². The summed E-state index contributed by atoms with van der Waals surface area (Å²) in [5.41, 5.74) is 0.827. The number of aryl methyl sites for hydroxylation is 1. The van der Waals surface area contributed by atoms with Crippen molar-refractivity contribution in [1.29, 1.82) is 0 Å². The molecular weight excluding hydrogens is 257 g/mol. The van der Waals surface area contributed by atoms with Crippen molar-refractivity contribution in [3.05, 3.63) is 29.6 Å². The average molecular weight is 279 g/mol. The Hall–Kier alpha value is -1.58. The molecule has 0 aromatic heterocycles. The van der Waals surface area contributed by atoms with Gasteiger partial charge in [-0.05, 0) is 31.4 Å². The minimum Gasteiger partial charge on any atom is -0.483 e. The SMILES string of the molecule is Cc1ccc(F)cc1OCC(=O)NC1CCCCCC1. The lowest BCUT2D eigenvalue weighted by atomic mass is 10.1. The predicted molar refractivity (Wildman–Crippen MR) is 76.3 cm³/mol. The molecule has 2 rings (SSSR count). The van der Waals surface area contributed by atoms with Crippen LogP contribution in [0.1, 0.15) is 44.1 Å². The molecule has 0 unspecified atom stereocenters. The van der Waals surface area contributed by atoms with Crippen molar-refractivity contribution >= 4 is 5.91 Å². The summed E-state index contributed by atoms with van der Waals surface area (Å²) in [6.07, 6.45) is 6.95. The van der Waals surface area contributed by atoms with Crippen molar-refractivity contribution in [2.75, 3.05) is 6.61 Å². The predicted octanol–water partition coefficient (Wildman–Crippen LogP) is 3.35. The standard InChI is InChI=1S/C16H22FNO2/c1-12-8-9-13(17)10-15(12)20-11-16(19)18-14-6-4-2-3-5-7-14/h8-10,14H,2-7,11H2,1H3,(H,18,19). The average Bonchev–Trinajstić information content (AvgIpc) is 2.68. The minimum atomic E-state index is -0.352. The first-order valence-corrected chi connectivity index (χ1v) is 7.33. The molecule has 0 bridgehead atoms. The Morgan fingerprint density at radius 2 is 2.00 bits per heavy atom. The second-order valence-corrected chi connectivity index (χ2v) is 5.45. The molecule has 0 aliphatic heterocycles. The first kappa shape index (κ1) is 14.8. The fraction of sp³-hybridized carbons (Fsp3) is 0.562. The molecule has 0 spiro atoms. The molecule has 0 atom stereocenters. The molecule has 1 fully saturated rings. The summed E-state index contributed by atoms with van der Waals surface area (Å²) < 4.78 is 18.5. The van der Waals surface area contributed by atoms with Crippen molar-refractivity contribution in [2.24, 2.45) is 0 Å². The maximum Gasteiger partial charge on any atom is 0.258 e. The molecule has 110 valence electrons. The summed E-state index contributed by atoms with van der Waals surface area (Å²) in [4.78, 5) is 11.9. The fourth-order valence-electron chi connectivity index (χ4n) is 2.57. The van der Waals surface area contributed by atoms with E-state index in [0.29, 0.717) is 5.75 Å². The summed E-state index contributed by atoms with van der Waals surface area (Å²) in [6.45, 7) is 1.78. The Morgan fingerprint density at radius 1 is 1.30 bits per heavy atom. The van der Waals surface area contributed by atoms with E-state index >= 15 is 0 Å². The summed E-state index contributed by atoms with van der Waals surface area (Å²) in [6, 6.07) is 4.61. The van der Waals surface area contributed by atoms with Gasteiger partial charge in [0.1, 0.15) is 11.6 Å². The Labute approximate surface area is 119 Å². The van der Waals surface area contributed by atoms with Crippen LogP contribution in [0.2, 0.25) is 0 Å². The van der Waals surface area contributed by atoms with E-state index in [2.05, 4.69) is 5.32 Å². The van der Waals surface area contributed by atoms with Gasteiger partial charge in [-0.3, -0.25) is 4.79 Å². The van der Waals surface area contributed by atoms with Gasteiger partial charge in [-0.2, -0.15) is 0 Å². The number of halogens is 1. The van der Waals surface area contributed by atoms with E-state index in [4.69, 9.17) is 4.74 Å². The Kier molecular flexibility index (Phi) is 5.39. The maximum absolute atomic E-state index is 13.1. The van der Waals surface area contributed by atoms with E-state index in [1.54, 1.807) is 6.07 Å². The van der Waals surface area contributed by atoms with Gasteiger partial charge in [0.2, 0.25) is 0 Å². The number of ether oxygens (including phenoxy) is 1. The molecular formula is C16H22FNO2. The number of carbonyl (C=O) groups excluding carboxylic acids is 1. The van der Waals surface area contributed by atoms with Gasteiger partial charge in [-0.25, -0.2) is 4.39 Å². The minimum absolute atomic E-state index is 0.0548. The van der Waals surface area contributed by atoms with Crippen LogP contribution in [0.15, 0.2) is 18.2 Å². The van der Waals surface area contributed by atoms with Crippen LogP contribution in [0.3, 0.4) is 0 Å². The highest BCUT2D eigenvalue weighted by Gasteiger charge is 2.15. The molecule has 1 aromatic carbocycles. The molecule has 0 heterocycles. The van der Waals surface area contributed by atoms with Gasteiger partial charge in [-0.1, -0.05) is 31.7 Å². The fourth-order valence-corrected chi connectivity index (χ4v) is 2.57. The van der Waals surface area contributed by atoms with Crippen molar-refractivity contribution in [3.63, 3.8) is 0 Å². The zero-order valence-corrected chi connectivity index (χ0v) is 12.0. The Morgan fingerprint density at radius 3 is 2.70 bits per heavy atom. The first-order valence-electron chi connectivity index (χ1n) is 7.33. The number of nitrogens with one attached hydrogen (secondary N) is 1. The summed E-state index contributed by atoms with van der Waals surface area (Å²) in [5.74, 6) is -0.0450. The van der Waals surface area contributed by atoms with Gasteiger partial charge < -0.3 is 10.1 Å². The summed E-state index contributed by atoms with van der Waals surface area (Å²) >= 11 is 0. The number of rotatable bonds is 4. The Bertz CT molecular complexity index is 454. The van der Waals surface area contributed by atoms with Crippen LogP contribution < -0.4 is 10.1 Å². The third-order valence-corrected chi connectivity index (χ3v) is 3.73. The first-order chi connectivity index (χ1) is 9.65. The molecule has 1 amide bonds. The molecule has 1 aliphatic rings. The van der Waals surface area contributed by atoms with Crippen LogP contribution in [-0.4, -0.2) is 18.6 Å². The van der Waals surface area contributed by atoms with Crippen LogP contribution in [0.4, 0.5) is 4.39 Å². The van der Waals surface area contributed by atoms with Crippen molar-refractivity contribution in [1.82, 2.24) is 5.32 Å². The van der Waals surface area contributed by atoms with E-state index in [1.807, 2.05) is 6.92 Å². The van der Waals surface area contributed by atoms with Crippen molar-refractivity contribution < 1.29 is 13.9 Å². The number of hydrogen-bond donors (Lipinski definition) is 1. The van der Waals surface area contributed by atoms with E-state index in [1.165, 1.54) is 37.8 Å². The second-order valence-electron chi connectivity index (χ2n) is 5.45. The monoisotopic (exact) mass is 279 g/mol. The van der Waals surface area contributed by atoms with Gasteiger partial charge in [0.25, 0.3) is 5.91 Å². The van der Waals surface area contributed by atoms with Crippen molar-refractivity contribution in [3.8, 4) is 5.75 Å². The molecule has 1 aromatic rings. The molecule has 4 heteroatoms. The lowest BCUT2D eigenvalue weighted by molar-refractivity contribution is -0.123. The molecule has 1 N–H and O–H groups in total. The topological polar surface area (TPSA) is 38.3 Å². The highest BCUT2D eigenvalue weighted by Crippen LogP contribution is 2.19. The normalized spacial score (nSPS) is 16.5. The molecule has 20 heavy (non-hydrogen) atoms. The Balaban J connectivity index is 1.81. The highest BCUT2D eigenvalue weighted by molar-refractivity contribution is 5.77. The molecule has 1 saturated carbocycles. The third kappa shape index (κ3) is 4.51. The largest absolute Gasteiger partial charge is 0.483 e. The molecule has 0 radical (unpaired) electrons. The van der Waals surface area contributed by atoms with Crippen molar-refractivity contribution in [2.45, 2.75) is 51.5 Å². The zero-order chi connectivity index (χ0) is 14.4. The zero-order valence-electron chi connectivity index (χ0n) is 12.0. The van der Waals surface area contributed by atoms with Gasteiger partial charge in [0.05, 0.1) is 0 Å². The second kappa shape index (κ2) is 7.27. The summed E-state index contributed by atoms with van der Waals surface area (Å²) in [7, 11) is 0. The number of amides is 1. The van der Waals surface area contributed by atoms with E-state index in [-0.39, 0.29) is 24.4 Å². The van der Waals surface area contributed by atoms with Gasteiger partial charge in [0.15, 0.2) is 6.61 Å². The van der Waals surface area contributed by atoms with Crippen LogP contribution in [0.25, 0.3) is 0 Å². The van der Waals surface area contributed by atoms with Gasteiger partial charge >= 0.3 is 0 Å². The van der Waals surface area contributed by atoms with Crippen LogP contribution in [0.5, 0.6) is 5.75 Å².